The summed E-state index contributed by atoms with van der Waals surface area (Å²) in [5.74, 6) is -0.855. The zero-order chi connectivity index (χ0) is 18.1. The van der Waals surface area contributed by atoms with Crippen molar-refractivity contribution in [1.82, 2.24) is 0 Å². The molecule has 0 amide bonds. The van der Waals surface area contributed by atoms with E-state index in [-0.39, 0.29) is 29.3 Å². The summed E-state index contributed by atoms with van der Waals surface area (Å²) in [6.45, 7) is 3.25. The maximum Gasteiger partial charge on any atom is 0.342 e. The number of hydrogen-bond donors (Lipinski definition) is 2. The topological polar surface area (TPSA) is 97.0 Å². The number of rotatable bonds is 3. The lowest BCUT2D eigenvalue weighted by molar-refractivity contribution is 0.0470. The summed E-state index contributed by atoms with van der Waals surface area (Å²) in [6, 6.07) is 8.94. The molecule has 0 aliphatic heterocycles. The molecule has 0 saturated carbocycles. The molecule has 2 aromatic carbocycles. The Morgan fingerprint density at radius 2 is 1.84 bits per heavy atom. The smallest absolute Gasteiger partial charge is 0.342 e. The number of esters is 1. The normalized spacial score (nSPS) is 10.8. The van der Waals surface area contributed by atoms with Crippen LogP contribution in [0.4, 0.5) is 0 Å². The van der Waals surface area contributed by atoms with Gasteiger partial charge >= 0.3 is 11.6 Å². The Labute approximate surface area is 142 Å². The van der Waals surface area contributed by atoms with Crippen LogP contribution >= 0.6 is 0 Å². The van der Waals surface area contributed by atoms with Gasteiger partial charge in [-0.3, -0.25) is 0 Å². The zero-order valence-corrected chi connectivity index (χ0v) is 13.7. The Kier molecular flexibility index (Phi) is 4.19. The number of benzene rings is 2. The third-order valence-electron chi connectivity index (χ3n) is 3.95. The molecule has 6 nitrogen and oxygen atoms in total. The molecule has 0 atom stereocenters. The van der Waals surface area contributed by atoms with Gasteiger partial charge in [-0.1, -0.05) is 6.07 Å². The molecule has 1 aromatic heterocycles. The van der Waals surface area contributed by atoms with Gasteiger partial charge in [0.05, 0.1) is 0 Å². The molecule has 2 N–H and O–H groups in total. The molecule has 1 heterocycles. The summed E-state index contributed by atoms with van der Waals surface area (Å²) in [7, 11) is 0. The number of phenols is 2. The first-order valence-corrected chi connectivity index (χ1v) is 7.59. The van der Waals surface area contributed by atoms with Crippen molar-refractivity contribution in [2.24, 2.45) is 0 Å². The lowest BCUT2D eigenvalue weighted by Crippen LogP contribution is -2.08. The number of aryl methyl sites for hydroxylation is 2. The van der Waals surface area contributed by atoms with Gasteiger partial charge in [0.25, 0.3) is 0 Å². The van der Waals surface area contributed by atoms with Crippen LogP contribution in [0.5, 0.6) is 11.5 Å². The molecule has 0 bridgehead atoms. The number of aromatic hydroxyl groups is 2. The highest BCUT2D eigenvalue weighted by molar-refractivity contribution is 5.92. The molecule has 0 saturated heterocycles. The largest absolute Gasteiger partial charge is 0.508 e. The van der Waals surface area contributed by atoms with Crippen LogP contribution in [-0.2, 0) is 11.3 Å². The summed E-state index contributed by atoms with van der Waals surface area (Å²) in [4.78, 5) is 23.9. The van der Waals surface area contributed by atoms with Gasteiger partial charge in [0.1, 0.15) is 29.3 Å². The van der Waals surface area contributed by atoms with Crippen LogP contribution in [0, 0.1) is 13.8 Å². The van der Waals surface area contributed by atoms with Crippen LogP contribution in [0.15, 0.2) is 45.6 Å². The molecule has 0 spiro atoms. The number of hydrogen-bond acceptors (Lipinski definition) is 6. The molecule has 3 aromatic rings. The van der Waals surface area contributed by atoms with Gasteiger partial charge in [0.15, 0.2) is 0 Å². The summed E-state index contributed by atoms with van der Waals surface area (Å²) in [5.41, 5.74) is 1.39. The van der Waals surface area contributed by atoms with Crippen LogP contribution in [0.1, 0.15) is 27.0 Å². The van der Waals surface area contributed by atoms with Crippen molar-refractivity contribution in [2.75, 3.05) is 0 Å². The first-order chi connectivity index (χ1) is 11.9. The van der Waals surface area contributed by atoms with Crippen molar-refractivity contribution in [3.8, 4) is 11.5 Å². The van der Waals surface area contributed by atoms with Gasteiger partial charge < -0.3 is 19.4 Å². The molecule has 6 heteroatoms. The highest BCUT2D eigenvalue weighted by Crippen LogP contribution is 2.28. The molecule has 0 aliphatic carbocycles. The Bertz CT molecular complexity index is 1030. The Morgan fingerprint density at radius 3 is 2.56 bits per heavy atom. The van der Waals surface area contributed by atoms with Gasteiger partial charge in [-0.25, -0.2) is 9.59 Å². The van der Waals surface area contributed by atoms with E-state index in [1.54, 1.807) is 26.0 Å². The van der Waals surface area contributed by atoms with Crippen LogP contribution in [0.2, 0.25) is 0 Å². The molecule has 0 aliphatic rings. The fourth-order valence-electron chi connectivity index (χ4n) is 2.57. The fraction of sp³-hybridized carbons (Fsp3) is 0.158. The van der Waals surface area contributed by atoms with Crippen molar-refractivity contribution in [3.05, 3.63) is 69.1 Å². The second-order valence-electron chi connectivity index (χ2n) is 5.77. The van der Waals surface area contributed by atoms with Crippen molar-refractivity contribution in [1.29, 1.82) is 0 Å². The summed E-state index contributed by atoms with van der Waals surface area (Å²) < 4.78 is 10.4. The van der Waals surface area contributed by atoms with E-state index in [1.165, 1.54) is 24.3 Å². The van der Waals surface area contributed by atoms with E-state index in [4.69, 9.17) is 9.15 Å². The third kappa shape index (κ3) is 3.19. The van der Waals surface area contributed by atoms with Crippen molar-refractivity contribution >= 4 is 16.9 Å². The molecular weight excluding hydrogens is 324 g/mol. The summed E-state index contributed by atoms with van der Waals surface area (Å²) in [5, 5.41) is 20.2. The maximum atomic E-state index is 12.2. The Morgan fingerprint density at radius 1 is 1.08 bits per heavy atom. The van der Waals surface area contributed by atoms with Crippen LogP contribution in [-0.4, -0.2) is 16.2 Å². The highest BCUT2D eigenvalue weighted by Gasteiger charge is 2.15. The quantitative estimate of drug-likeness (QED) is 0.561. The van der Waals surface area contributed by atoms with Crippen molar-refractivity contribution in [2.45, 2.75) is 20.5 Å². The van der Waals surface area contributed by atoms with Gasteiger partial charge in [-0.2, -0.15) is 0 Å². The minimum absolute atomic E-state index is 0.00868. The SMILES string of the molecule is Cc1ccc(C(=O)OCc2cc(=O)oc3c(C)c(O)ccc23)c(O)c1. The predicted molar refractivity (Wildman–Crippen MR) is 90.8 cm³/mol. The Hall–Kier alpha value is -3.28. The second kappa shape index (κ2) is 6.32. The summed E-state index contributed by atoms with van der Waals surface area (Å²) >= 11 is 0. The van der Waals surface area contributed by atoms with Gasteiger partial charge in [-0.15, -0.1) is 0 Å². The van der Waals surface area contributed by atoms with E-state index in [1.807, 2.05) is 0 Å². The van der Waals surface area contributed by atoms with Crippen LogP contribution in [0.3, 0.4) is 0 Å². The number of carbonyl (C=O) groups is 1. The number of ether oxygens (including phenoxy) is 1. The van der Waals surface area contributed by atoms with E-state index in [0.29, 0.717) is 16.5 Å². The number of fused-ring (bicyclic) bond motifs is 1. The minimum atomic E-state index is -0.700. The number of phenolic OH excluding ortho intramolecular Hbond substituents is 2. The van der Waals surface area contributed by atoms with Crippen LogP contribution in [0.25, 0.3) is 11.0 Å². The molecule has 0 fully saturated rings. The monoisotopic (exact) mass is 340 g/mol. The average molecular weight is 340 g/mol. The van der Waals surface area contributed by atoms with E-state index in [9.17, 15) is 19.8 Å². The van der Waals surface area contributed by atoms with E-state index >= 15 is 0 Å². The molecule has 3 rings (SSSR count). The fourth-order valence-corrected chi connectivity index (χ4v) is 2.57. The molecule has 128 valence electrons. The second-order valence-corrected chi connectivity index (χ2v) is 5.77. The average Bonchev–Trinajstić information content (AvgIpc) is 2.56. The highest BCUT2D eigenvalue weighted by atomic mass is 16.5. The molecule has 25 heavy (non-hydrogen) atoms. The van der Waals surface area contributed by atoms with E-state index in [0.717, 1.165) is 5.56 Å². The maximum absolute atomic E-state index is 12.2. The van der Waals surface area contributed by atoms with Gasteiger partial charge in [-0.05, 0) is 43.7 Å². The Balaban J connectivity index is 1.92. The van der Waals surface area contributed by atoms with E-state index in [2.05, 4.69) is 0 Å². The van der Waals surface area contributed by atoms with Gasteiger partial charge in [0.2, 0.25) is 0 Å². The summed E-state index contributed by atoms with van der Waals surface area (Å²) in [6.07, 6.45) is 0. The number of carbonyl (C=O) groups excluding carboxylic acids is 1. The van der Waals surface area contributed by atoms with E-state index < -0.39 is 11.6 Å². The first-order valence-electron chi connectivity index (χ1n) is 7.59. The third-order valence-corrected chi connectivity index (χ3v) is 3.95. The first kappa shape index (κ1) is 16.6. The molecule has 0 radical (unpaired) electrons. The standard InChI is InChI=1S/C19H16O6/c1-10-3-4-14(16(21)7-10)19(23)24-9-12-8-17(22)25-18-11(2)15(20)6-5-13(12)18/h3-8,20-21H,9H2,1-2H3. The minimum Gasteiger partial charge on any atom is -0.508 e. The molecule has 0 unspecified atom stereocenters. The predicted octanol–water partition coefficient (Wildman–Crippen LogP) is 3.18. The molecular formula is C19H16O6. The van der Waals surface area contributed by atoms with Crippen molar-refractivity contribution < 1.29 is 24.2 Å². The van der Waals surface area contributed by atoms with Gasteiger partial charge in [0, 0.05) is 22.6 Å². The van der Waals surface area contributed by atoms with Crippen molar-refractivity contribution in [3.63, 3.8) is 0 Å². The van der Waals surface area contributed by atoms with Crippen LogP contribution < -0.4 is 5.63 Å². The lowest BCUT2D eigenvalue weighted by atomic mass is 10.1. The zero-order valence-electron chi connectivity index (χ0n) is 13.7. The lowest BCUT2D eigenvalue weighted by Gasteiger charge is -2.10.